The van der Waals surface area contributed by atoms with Crippen LogP contribution >= 0.6 is 24.0 Å². The van der Waals surface area contributed by atoms with Crippen molar-refractivity contribution in [1.29, 1.82) is 0 Å². The molecule has 0 amide bonds. The first-order valence-corrected chi connectivity index (χ1v) is 6.42. The van der Waals surface area contributed by atoms with Crippen LogP contribution in [0.15, 0.2) is 49.1 Å². The van der Waals surface area contributed by atoms with Crippen molar-refractivity contribution in [2.45, 2.75) is 12.2 Å². The van der Waals surface area contributed by atoms with Gasteiger partial charge in [0.25, 0.3) is 0 Å². The maximum atomic E-state index is 5.43. The third kappa shape index (κ3) is 6.09. The van der Waals surface area contributed by atoms with E-state index < -0.39 is 0 Å². The second kappa shape index (κ2) is 7.86. The summed E-state index contributed by atoms with van der Waals surface area (Å²) >= 11 is 6.33. The van der Waals surface area contributed by atoms with Crippen LogP contribution in [-0.2, 0) is 0 Å². The molecule has 0 fully saturated rings. The molecule has 2 aromatic rings. The molecule has 17 heavy (non-hydrogen) atoms. The third-order valence-electron chi connectivity index (χ3n) is 1.97. The van der Waals surface area contributed by atoms with Crippen molar-refractivity contribution in [2.24, 2.45) is 5.73 Å². The van der Waals surface area contributed by atoms with E-state index >= 15 is 0 Å². The van der Waals surface area contributed by atoms with Crippen molar-refractivity contribution in [3.63, 3.8) is 0 Å². The number of imidazole rings is 1. The Morgan fingerprint density at radius 2 is 2.12 bits per heavy atom. The molecule has 2 rings (SSSR count). The molecule has 3 N–H and O–H groups in total. The number of hydrogen-bond acceptors (Lipinski definition) is 3. The lowest BCUT2D eigenvalue weighted by Crippen LogP contribution is -2.04. The Hall–Kier alpha value is -1.33. The fourth-order valence-corrected chi connectivity index (χ4v) is 2.26. The number of hydrogen-bond donors (Lipinski definition) is 2. The van der Waals surface area contributed by atoms with E-state index in [2.05, 4.69) is 29.0 Å². The van der Waals surface area contributed by atoms with Gasteiger partial charge in [0.2, 0.25) is 0 Å². The van der Waals surface area contributed by atoms with Crippen molar-refractivity contribution in [3.05, 3.63) is 54.6 Å². The van der Waals surface area contributed by atoms with Crippen LogP contribution < -0.4 is 5.73 Å². The normalized spacial score (nSPS) is 11.1. The summed E-state index contributed by atoms with van der Waals surface area (Å²) in [5.41, 5.74) is 6.68. The summed E-state index contributed by atoms with van der Waals surface area (Å²) in [4.78, 5) is 6.42. The van der Waals surface area contributed by atoms with Gasteiger partial charge in [-0.25, -0.2) is 4.98 Å². The largest absolute Gasteiger partial charge is 0.385 e. The van der Waals surface area contributed by atoms with Crippen molar-refractivity contribution >= 4 is 28.3 Å². The highest BCUT2D eigenvalue weighted by Crippen LogP contribution is 2.27. The van der Waals surface area contributed by atoms with E-state index in [1.54, 1.807) is 18.7 Å². The number of thiocarbonyl (C=S) groups is 1. The molecule has 1 atom stereocenters. The summed E-state index contributed by atoms with van der Waals surface area (Å²) in [6.07, 6.45) is 5.08. The Morgan fingerprint density at radius 3 is 2.53 bits per heavy atom. The standard InChI is InChI=1S/C9H11NS2.C3H4N2/c1-7(12-9(10)11)8-5-3-2-4-6-8;1-2-5-3-4-1/h2-7H,1H3,(H2,10,11);1-3H,(H,4,5). The molecule has 3 nitrogen and oxygen atoms in total. The summed E-state index contributed by atoms with van der Waals surface area (Å²) in [6.45, 7) is 2.10. The predicted molar refractivity (Wildman–Crippen MR) is 77.8 cm³/mol. The van der Waals surface area contributed by atoms with Gasteiger partial charge in [-0.05, 0) is 12.5 Å². The van der Waals surface area contributed by atoms with Gasteiger partial charge in [0, 0.05) is 17.6 Å². The van der Waals surface area contributed by atoms with E-state index in [9.17, 15) is 0 Å². The molecule has 1 unspecified atom stereocenters. The number of thioether (sulfide) groups is 1. The van der Waals surface area contributed by atoms with E-state index in [0.29, 0.717) is 9.57 Å². The van der Waals surface area contributed by atoms with Gasteiger partial charge >= 0.3 is 0 Å². The van der Waals surface area contributed by atoms with E-state index in [-0.39, 0.29) is 0 Å². The lowest BCUT2D eigenvalue weighted by Gasteiger charge is -2.08. The molecule has 5 heteroatoms. The first-order valence-electron chi connectivity index (χ1n) is 5.14. The zero-order valence-corrected chi connectivity index (χ0v) is 11.2. The van der Waals surface area contributed by atoms with Crippen molar-refractivity contribution in [3.8, 4) is 0 Å². The minimum Gasteiger partial charge on any atom is -0.385 e. The Morgan fingerprint density at radius 1 is 1.41 bits per heavy atom. The number of benzene rings is 1. The summed E-state index contributed by atoms with van der Waals surface area (Å²) in [7, 11) is 0. The van der Waals surface area contributed by atoms with Crippen LogP contribution in [0.25, 0.3) is 0 Å². The third-order valence-corrected chi connectivity index (χ3v) is 3.11. The summed E-state index contributed by atoms with van der Waals surface area (Å²) in [6, 6.07) is 10.2. The average Bonchev–Trinajstić information content (AvgIpc) is 2.88. The maximum Gasteiger partial charge on any atom is 0.131 e. The number of aromatic nitrogens is 2. The van der Waals surface area contributed by atoms with Crippen LogP contribution in [0.2, 0.25) is 0 Å². The molecule has 1 aromatic heterocycles. The van der Waals surface area contributed by atoms with Gasteiger partial charge in [0.1, 0.15) is 4.32 Å². The second-order valence-electron chi connectivity index (χ2n) is 3.25. The highest BCUT2D eigenvalue weighted by molar-refractivity contribution is 8.23. The molecule has 0 radical (unpaired) electrons. The molecule has 0 saturated carbocycles. The summed E-state index contributed by atoms with van der Waals surface area (Å²) < 4.78 is 0.506. The molecule has 0 saturated heterocycles. The molecule has 0 spiro atoms. The maximum absolute atomic E-state index is 5.43. The van der Waals surface area contributed by atoms with E-state index in [1.807, 2.05) is 18.2 Å². The zero-order valence-electron chi connectivity index (χ0n) is 9.54. The summed E-state index contributed by atoms with van der Waals surface area (Å²) in [5, 5.41) is 0.351. The number of nitrogens with two attached hydrogens (primary N) is 1. The Labute approximate surface area is 111 Å². The molecular formula is C12H15N3S2. The minimum absolute atomic E-state index is 0.351. The first kappa shape index (κ1) is 13.7. The molecule has 0 aliphatic heterocycles. The molecule has 90 valence electrons. The van der Waals surface area contributed by atoms with Crippen LogP contribution in [-0.4, -0.2) is 14.3 Å². The van der Waals surface area contributed by atoms with E-state index in [0.717, 1.165) is 0 Å². The van der Waals surface area contributed by atoms with Gasteiger partial charge in [0.05, 0.1) is 6.33 Å². The smallest absolute Gasteiger partial charge is 0.131 e. The number of nitrogens with one attached hydrogen (secondary N) is 1. The molecule has 1 aromatic carbocycles. The van der Waals surface area contributed by atoms with Crippen LogP contribution in [0.5, 0.6) is 0 Å². The Kier molecular flexibility index (Phi) is 6.35. The lowest BCUT2D eigenvalue weighted by atomic mass is 10.2. The van der Waals surface area contributed by atoms with E-state index in [4.69, 9.17) is 18.0 Å². The lowest BCUT2D eigenvalue weighted by molar-refractivity contribution is 1.11. The van der Waals surface area contributed by atoms with E-state index in [1.165, 1.54) is 17.3 Å². The fourth-order valence-electron chi connectivity index (χ4n) is 1.18. The zero-order chi connectivity index (χ0) is 12.5. The Balaban J connectivity index is 0.000000239. The van der Waals surface area contributed by atoms with Crippen LogP contribution in [0.3, 0.4) is 0 Å². The Bertz CT molecular complexity index is 397. The minimum atomic E-state index is 0.351. The number of rotatable bonds is 2. The van der Waals surface area contributed by atoms with Crippen molar-refractivity contribution in [1.82, 2.24) is 9.97 Å². The van der Waals surface area contributed by atoms with Crippen LogP contribution in [0.4, 0.5) is 0 Å². The highest BCUT2D eigenvalue weighted by atomic mass is 32.2. The topological polar surface area (TPSA) is 54.7 Å². The molecule has 0 aliphatic carbocycles. The average molecular weight is 265 g/mol. The monoisotopic (exact) mass is 265 g/mol. The van der Waals surface area contributed by atoms with Crippen molar-refractivity contribution in [2.75, 3.05) is 0 Å². The van der Waals surface area contributed by atoms with Crippen LogP contribution in [0.1, 0.15) is 17.7 Å². The van der Waals surface area contributed by atoms with Gasteiger partial charge in [-0.3, -0.25) is 0 Å². The summed E-state index contributed by atoms with van der Waals surface area (Å²) in [5.74, 6) is 0. The molecule has 0 bridgehead atoms. The van der Waals surface area contributed by atoms with Gasteiger partial charge < -0.3 is 10.7 Å². The number of aromatic amines is 1. The van der Waals surface area contributed by atoms with Gasteiger partial charge in [-0.1, -0.05) is 54.3 Å². The van der Waals surface area contributed by atoms with Gasteiger partial charge in [-0.2, -0.15) is 0 Å². The highest BCUT2D eigenvalue weighted by Gasteiger charge is 2.05. The predicted octanol–water partition coefficient (Wildman–Crippen LogP) is 3.13. The number of H-pyrrole nitrogens is 1. The molecular weight excluding hydrogens is 250 g/mol. The quantitative estimate of drug-likeness (QED) is 0.819. The SMILES string of the molecule is CC(SC(N)=S)c1ccccc1.c1c[nH]cn1. The van der Waals surface area contributed by atoms with Crippen LogP contribution in [0, 0.1) is 0 Å². The van der Waals surface area contributed by atoms with Gasteiger partial charge in [0.15, 0.2) is 0 Å². The first-order chi connectivity index (χ1) is 8.20. The number of nitrogens with zero attached hydrogens (tertiary/aromatic N) is 1. The fraction of sp³-hybridized carbons (Fsp3) is 0.167. The van der Waals surface area contributed by atoms with Crippen molar-refractivity contribution < 1.29 is 0 Å². The molecule has 1 heterocycles. The molecule has 0 aliphatic rings. The second-order valence-corrected chi connectivity index (χ2v) is 5.33. The van der Waals surface area contributed by atoms with Gasteiger partial charge in [-0.15, -0.1) is 0 Å².